The summed E-state index contributed by atoms with van der Waals surface area (Å²) in [5.74, 6) is 1.21. The zero-order valence-corrected chi connectivity index (χ0v) is 12.0. The molecule has 0 atom stereocenters. The summed E-state index contributed by atoms with van der Waals surface area (Å²) in [4.78, 5) is 27.7. The highest BCUT2D eigenvalue weighted by atomic mass is 16.5. The summed E-state index contributed by atoms with van der Waals surface area (Å²) in [6.07, 6.45) is 2.06. The quantitative estimate of drug-likeness (QED) is 0.835. The fourth-order valence-corrected chi connectivity index (χ4v) is 2.52. The van der Waals surface area contributed by atoms with Gasteiger partial charge in [-0.1, -0.05) is 18.2 Å². The Bertz CT molecular complexity index is 506. The first-order chi connectivity index (χ1) is 10.2. The van der Waals surface area contributed by atoms with Gasteiger partial charge in [0.25, 0.3) is 5.91 Å². The van der Waals surface area contributed by atoms with Crippen LogP contribution >= 0.6 is 0 Å². The van der Waals surface area contributed by atoms with Crippen molar-refractivity contribution in [2.45, 2.75) is 12.8 Å². The van der Waals surface area contributed by atoms with Gasteiger partial charge in [0.15, 0.2) is 6.61 Å². The van der Waals surface area contributed by atoms with E-state index in [-0.39, 0.29) is 24.3 Å². The van der Waals surface area contributed by atoms with Gasteiger partial charge in [0.2, 0.25) is 5.91 Å². The lowest BCUT2D eigenvalue weighted by Gasteiger charge is -2.34. The van der Waals surface area contributed by atoms with E-state index in [4.69, 9.17) is 4.74 Å². The molecule has 1 aromatic carbocycles. The molecule has 1 saturated heterocycles. The second kappa shape index (κ2) is 6.16. The Labute approximate surface area is 124 Å². The minimum absolute atomic E-state index is 0.0163. The van der Waals surface area contributed by atoms with E-state index in [2.05, 4.69) is 0 Å². The van der Waals surface area contributed by atoms with Gasteiger partial charge in [-0.15, -0.1) is 0 Å². The van der Waals surface area contributed by atoms with Crippen LogP contribution in [0.2, 0.25) is 0 Å². The Morgan fingerprint density at radius 3 is 2.24 bits per heavy atom. The molecule has 0 unspecified atom stereocenters. The van der Waals surface area contributed by atoms with Crippen molar-refractivity contribution >= 4 is 11.8 Å². The summed E-state index contributed by atoms with van der Waals surface area (Å²) < 4.78 is 5.47. The molecule has 1 aromatic rings. The van der Waals surface area contributed by atoms with Crippen LogP contribution in [0.25, 0.3) is 0 Å². The van der Waals surface area contributed by atoms with Gasteiger partial charge in [-0.05, 0) is 25.0 Å². The Hall–Kier alpha value is -2.04. The predicted octanol–water partition coefficient (Wildman–Crippen LogP) is 1.15. The molecule has 0 spiro atoms. The molecule has 1 heterocycles. The van der Waals surface area contributed by atoms with Crippen LogP contribution in [-0.4, -0.2) is 54.4 Å². The fraction of sp³-hybridized carbons (Fsp3) is 0.500. The highest BCUT2D eigenvalue weighted by molar-refractivity contribution is 5.82. The number of carbonyl (C=O) groups is 2. The van der Waals surface area contributed by atoms with Crippen molar-refractivity contribution in [2.24, 2.45) is 5.92 Å². The predicted molar refractivity (Wildman–Crippen MR) is 77.8 cm³/mol. The first-order valence-corrected chi connectivity index (χ1v) is 7.48. The summed E-state index contributed by atoms with van der Waals surface area (Å²) in [5.41, 5.74) is 0. The van der Waals surface area contributed by atoms with Crippen LogP contribution in [0.1, 0.15) is 12.8 Å². The van der Waals surface area contributed by atoms with Crippen LogP contribution < -0.4 is 4.74 Å². The van der Waals surface area contributed by atoms with Crippen LogP contribution in [0, 0.1) is 5.92 Å². The molecule has 5 nitrogen and oxygen atoms in total. The largest absolute Gasteiger partial charge is 0.484 e. The van der Waals surface area contributed by atoms with E-state index in [1.54, 1.807) is 4.90 Å². The van der Waals surface area contributed by atoms with E-state index in [0.29, 0.717) is 31.9 Å². The van der Waals surface area contributed by atoms with Crippen LogP contribution in [0.3, 0.4) is 0 Å². The number of nitrogens with zero attached hydrogens (tertiary/aromatic N) is 2. The third-order valence-corrected chi connectivity index (χ3v) is 3.98. The molecule has 21 heavy (non-hydrogen) atoms. The lowest BCUT2D eigenvalue weighted by molar-refractivity contribution is -0.141. The van der Waals surface area contributed by atoms with Crippen molar-refractivity contribution in [3.05, 3.63) is 30.3 Å². The normalized spacial score (nSPS) is 18.5. The summed E-state index contributed by atoms with van der Waals surface area (Å²) >= 11 is 0. The van der Waals surface area contributed by atoms with Crippen LogP contribution in [0.5, 0.6) is 5.75 Å². The first-order valence-electron chi connectivity index (χ1n) is 7.48. The first kappa shape index (κ1) is 13.9. The maximum absolute atomic E-state index is 12.1. The molecule has 5 heteroatoms. The van der Waals surface area contributed by atoms with Crippen LogP contribution in [0.15, 0.2) is 30.3 Å². The number of para-hydroxylation sites is 1. The zero-order valence-electron chi connectivity index (χ0n) is 12.0. The van der Waals surface area contributed by atoms with E-state index < -0.39 is 0 Å². The summed E-state index contributed by atoms with van der Waals surface area (Å²) in [7, 11) is 0. The number of amides is 2. The van der Waals surface area contributed by atoms with Gasteiger partial charge in [0.1, 0.15) is 5.75 Å². The van der Waals surface area contributed by atoms with Crippen molar-refractivity contribution in [3.8, 4) is 5.75 Å². The molecule has 2 aliphatic rings. The van der Waals surface area contributed by atoms with Crippen molar-refractivity contribution < 1.29 is 14.3 Å². The molecule has 0 radical (unpaired) electrons. The van der Waals surface area contributed by atoms with Crippen LogP contribution in [-0.2, 0) is 9.59 Å². The molecule has 112 valence electrons. The second-order valence-corrected chi connectivity index (χ2v) is 5.58. The maximum Gasteiger partial charge on any atom is 0.260 e. The fourth-order valence-electron chi connectivity index (χ4n) is 2.52. The molecule has 0 bridgehead atoms. The number of hydrogen-bond acceptors (Lipinski definition) is 3. The summed E-state index contributed by atoms with van der Waals surface area (Å²) in [6.45, 7) is 2.56. The summed E-state index contributed by atoms with van der Waals surface area (Å²) in [5, 5.41) is 0. The van der Waals surface area contributed by atoms with Crippen LogP contribution in [0.4, 0.5) is 0 Å². The van der Waals surface area contributed by atoms with E-state index in [1.165, 1.54) is 0 Å². The lowest BCUT2D eigenvalue weighted by Crippen LogP contribution is -2.52. The Morgan fingerprint density at radius 2 is 1.62 bits per heavy atom. The van der Waals surface area contributed by atoms with Crippen molar-refractivity contribution in [1.29, 1.82) is 0 Å². The number of hydrogen-bond donors (Lipinski definition) is 0. The standard InChI is InChI=1S/C16H20N2O3/c19-15(12-21-14-4-2-1-3-5-14)17-8-10-18(11-9-17)16(20)13-6-7-13/h1-5,13H,6-12H2. The average Bonchev–Trinajstić information content (AvgIpc) is 3.38. The van der Waals surface area contributed by atoms with E-state index in [9.17, 15) is 9.59 Å². The van der Waals surface area contributed by atoms with Gasteiger partial charge in [0.05, 0.1) is 0 Å². The lowest BCUT2D eigenvalue weighted by atomic mass is 10.2. The van der Waals surface area contributed by atoms with Crippen molar-refractivity contribution in [3.63, 3.8) is 0 Å². The molecule has 0 aromatic heterocycles. The number of carbonyl (C=O) groups excluding carboxylic acids is 2. The van der Waals surface area contributed by atoms with Crippen molar-refractivity contribution in [1.82, 2.24) is 9.80 Å². The molecule has 1 saturated carbocycles. The molecule has 2 amide bonds. The molecule has 2 fully saturated rings. The Balaban J connectivity index is 1.43. The number of rotatable bonds is 4. The third-order valence-electron chi connectivity index (χ3n) is 3.98. The molecular formula is C16H20N2O3. The molecule has 1 aliphatic carbocycles. The molecular weight excluding hydrogens is 268 g/mol. The van der Waals surface area contributed by atoms with Gasteiger partial charge in [0, 0.05) is 32.1 Å². The molecule has 0 N–H and O–H groups in total. The minimum atomic E-state index is -0.0163. The average molecular weight is 288 g/mol. The number of benzene rings is 1. The van der Waals surface area contributed by atoms with E-state index in [0.717, 1.165) is 12.8 Å². The minimum Gasteiger partial charge on any atom is -0.484 e. The van der Waals surface area contributed by atoms with Gasteiger partial charge in [-0.3, -0.25) is 9.59 Å². The topological polar surface area (TPSA) is 49.9 Å². The van der Waals surface area contributed by atoms with Gasteiger partial charge >= 0.3 is 0 Å². The monoisotopic (exact) mass is 288 g/mol. The van der Waals surface area contributed by atoms with E-state index >= 15 is 0 Å². The second-order valence-electron chi connectivity index (χ2n) is 5.58. The van der Waals surface area contributed by atoms with Gasteiger partial charge in [-0.2, -0.15) is 0 Å². The molecule has 1 aliphatic heterocycles. The van der Waals surface area contributed by atoms with E-state index in [1.807, 2.05) is 35.2 Å². The van der Waals surface area contributed by atoms with Gasteiger partial charge in [-0.25, -0.2) is 0 Å². The van der Waals surface area contributed by atoms with Gasteiger partial charge < -0.3 is 14.5 Å². The number of piperazine rings is 1. The Kier molecular flexibility index (Phi) is 4.08. The van der Waals surface area contributed by atoms with Crippen molar-refractivity contribution in [2.75, 3.05) is 32.8 Å². The summed E-state index contributed by atoms with van der Waals surface area (Å²) in [6, 6.07) is 9.33. The zero-order chi connectivity index (χ0) is 14.7. The SMILES string of the molecule is O=C(COc1ccccc1)N1CCN(C(=O)C2CC2)CC1. The maximum atomic E-state index is 12.1. The number of ether oxygens (including phenoxy) is 1. The highest BCUT2D eigenvalue weighted by Crippen LogP contribution is 2.31. The third kappa shape index (κ3) is 3.54. The highest BCUT2D eigenvalue weighted by Gasteiger charge is 2.35. The molecule has 3 rings (SSSR count). The smallest absolute Gasteiger partial charge is 0.260 e. The Morgan fingerprint density at radius 1 is 1.00 bits per heavy atom.